The number of nitrogens with one attached hydrogen (secondary N) is 1. The first-order valence-corrected chi connectivity index (χ1v) is 8.36. The van der Waals surface area contributed by atoms with Crippen molar-refractivity contribution in [1.82, 2.24) is 0 Å². The van der Waals surface area contributed by atoms with E-state index in [-0.39, 0.29) is 5.91 Å². The number of benzene rings is 1. The van der Waals surface area contributed by atoms with Gasteiger partial charge in [-0.2, -0.15) is 0 Å². The number of thiophene rings is 1. The Kier molecular flexibility index (Phi) is 4.30. The molecule has 0 radical (unpaired) electrons. The van der Waals surface area contributed by atoms with Crippen LogP contribution in [0.1, 0.15) is 38.3 Å². The van der Waals surface area contributed by atoms with Crippen molar-refractivity contribution in [3.05, 3.63) is 57.5 Å². The Balaban J connectivity index is 1.76. The van der Waals surface area contributed by atoms with Crippen molar-refractivity contribution < 1.29 is 9.59 Å². The van der Waals surface area contributed by atoms with E-state index < -0.39 is 5.91 Å². The van der Waals surface area contributed by atoms with E-state index >= 15 is 0 Å². The third-order valence-electron chi connectivity index (χ3n) is 3.91. The molecule has 0 bridgehead atoms. The SMILES string of the molecule is Cc1ccc(/C=C/C(=O)Nc2sc3c(c2C(N)=O)CCC3)cc1. The average Bonchev–Trinajstić information content (AvgIpc) is 3.06. The van der Waals surface area contributed by atoms with Gasteiger partial charge in [-0.3, -0.25) is 9.59 Å². The number of aryl methyl sites for hydroxylation is 2. The quantitative estimate of drug-likeness (QED) is 0.846. The summed E-state index contributed by atoms with van der Waals surface area (Å²) in [7, 11) is 0. The molecule has 1 aromatic heterocycles. The van der Waals surface area contributed by atoms with Gasteiger partial charge in [0.2, 0.25) is 5.91 Å². The Hall–Kier alpha value is -2.40. The van der Waals surface area contributed by atoms with Crippen molar-refractivity contribution in [2.24, 2.45) is 5.73 Å². The van der Waals surface area contributed by atoms with E-state index in [1.165, 1.54) is 23.0 Å². The van der Waals surface area contributed by atoms with E-state index in [1.54, 1.807) is 6.08 Å². The maximum Gasteiger partial charge on any atom is 0.251 e. The minimum absolute atomic E-state index is 0.256. The Morgan fingerprint density at radius 3 is 2.65 bits per heavy atom. The predicted molar refractivity (Wildman–Crippen MR) is 93.7 cm³/mol. The zero-order valence-electron chi connectivity index (χ0n) is 12.9. The zero-order chi connectivity index (χ0) is 16.4. The molecule has 1 aromatic carbocycles. The van der Waals surface area contributed by atoms with Crippen LogP contribution in [0.3, 0.4) is 0 Å². The molecule has 2 aromatic rings. The lowest BCUT2D eigenvalue weighted by molar-refractivity contribution is -0.111. The summed E-state index contributed by atoms with van der Waals surface area (Å²) in [6.45, 7) is 2.02. The van der Waals surface area contributed by atoms with Crippen LogP contribution in [0, 0.1) is 6.92 Å². The second kappa shape index (κ2) is 6.38. The van der Waals surface area contributed by atoms with Crippen LogP contribution in [0.15, 0.2) is 30.3 Å². The molecule has 0 aliphatic heterocycles. The molecule has 1 heterocycles. The van der Waals surface area contributed by atoms with Crippen LogP contribution in [-0.2, 0) is 17.6 Å². The molecule has 3 N–H and O–H groups in total. The van der Waals surface area contributed by atoms with Gasteiger partial charge in [0, 0.05) is 11.0 Å². The number of anilines is 1. The number of carbonyl (C=O) groups excluding carboxylic acids is 2. The van der Waals surface area contributed by atoms with Crippen LogP contribution in [0.5, 0.6) is 0 Å². The second-order valence-corrected chi connectivity index (χ2v) is 6.76. The van der Waals surface area contributed by atoms with Gasteiger partial charge in [-0.1, -0.05) is 29.8 Å². The van der Waals surface area contributed by atoms with Crippen molar-refractivity contribution in [3.8, 4) is 0 Å². The molecule has 0 spiro atoms. The first-order valence-electron chi connectivity index (χ1n) is 7.54. The Morgan fingerprint density at radius 1 is 1.22 bits per heavy atom. The largest absolute Gasteiger partial charge is 0.365 e. The van der Waals surface area contributed by atoms with Gasteiger partial charge in [-0.05, 0) is 43.4 Å². The summed E-state index contributed by atoms with van der Waals surface area (Å²) in [5, 5.41) is 3.37. The molecule has 1 aliphatic rings. The predicted octanol–water partition coefficient (Wildman–Crippen LogP) is 3.30. The van der Waals surface area contributed by atoms with Crippen molar-refractivity contribution in [1.29, 1.82) is 0 Å². The molecule has 4 nitrogen and oxygen atoms in total. The first kappa shape index (κ1) is 15.5. The zero-order valence-corrected chi connectivity index (χ0v) is 13.7. The van der Waals surface area contributed by atoms with E-state index in [0.717, 1.165) is 35.3 Å². The summed E-state index contributed by atoms with van der Waals surface area (Å²) in [5.74, 6) is -0.727. The number of carbonyl (C=O) groups is 2. The summed E-state index contributed by atoms with van der Waals surface area (Å²) in [6.07, 6.45) is 6.08. The molecular formula is C18H18N2O2S. The van der Waals surface area contributed by atoms with Crippen LogP contribution in [-0.4, -0.2) is 11.8 Å². The Labute approximate surface area is 139 Å². The third kappa shape index (κ3) is 3.35. The highest BCUT2D eigenvalue weighted by Crippen LogP contribution is 2.38. The maximum atomic E-state index is 12.1. The summed E-state index contributed by atoms with van der Waals surface area (Å²) < 4.78 is 0. The minimum Gasteiger partial charge on any atom is -0.365 e. The van der Waals surface area contributed by atoms with Crippen molar-refractivity contribution in [2.45, 2.75) is 26.2 Å². The molecule has 0 atom stereocenters. The van der Waals surface area contributed by atoms with Crippen molar-refractivity contribution >= 4 is 34.2 Å². The third-order valence-corrected chi connectivity index (χ3v) is 5.12. The van der Waals surface area contributed by atoms with Crippen LogP contribution in [0.25, 0.3) is 6.08 Å². The lowest BCUT2D eigenvalue weighted by atomic mass is 10.1. The second-order valence-electron chi connectivity index (χ2n) is 5.66. The van der Waals surface area contributed by atoms with E-state index in [1.807, 2.05) is 31.2 Å². The molecule has 5 heteroatoms. The standard InChI is InChI=1S/C18H18N2O2S/c1-11-5-7-12(8-6-11)9-10-15(21)20-18-16(17(19)22)13-3-2-4-14(13)23-18/h5-10H,2-4H2,1H3,(H2,19,22)(H,20,21)/b10-9+. The smallest absolute Gasteiger partial charge is 0.251 e. The van der Waals surface area contributed by atoms with Crippen molar-refractivity contribution in [2.75, 3.05) is 5.32 Å². The summed E-state index contributed by atoms with van der Waals surface area (Å²) >= 11 is 1.46. The van der Waals surface area contributed by atoms with Gasteiger partial charge in [-0.25, -0.2) is 0 Å². The van der Waals surface area contributed by atoms with Crippen LogP contribution < -0.4 is 11.1 Å². The molecule has 1 aliphatic carbocycles. The minimum atomic E-state index is -0.470. The molecule has 0 unspecified atom stereocenters. The fourth-order valence-corrected chi connectivity index (χ4v) is 4.05. The highest BCUT2D eigenvalue weighted by Gasteiger charge is 2.25. The normalized spacial score (nSPS) is 13.3. The highest BCUT2D eigenvalue weighted by molar-refractivity contribution is 7.17. The Morgan fingerprint density at radius 2 is 1.96 bits per heavy atom. The molecular weight excluding hydrogens is 308 g/mol. The molecule has 0 saturated carbocycles. The highest BCUT2D eigenvalue weighted by atomic mass is 32.1. The number of nitrogens with two attached hydrogens (primary N) is 1. The van der Waals surface area contributed by atoms with E-state index in [0.29, 0.717) is 10.6 Å². The van der Waals surface area contributed by atoms with Crippen LogP contribution in [0.4, 0.5) is 5.00 Å². The van der Waals surface area contributed by atoms with E-state index in [9.17, 15) is 9.59 Å². The van der Waals surface area contributed by atoms with E-state index in [2.05, 4.69) is 5.32 Å². The summed E-state index contributed by atoms with van der Waals surface area (Å²) in [5.41, 5.74) is 9.11. The molecule has 23 heavy (non-hydrogen) atoms. The van der Waals surface area contributed by atoms with Crippen LogP contribution >= 0.6 is 11.3 Å². The van der Waals surface area contributed by atoms with Gasteiger partial charge in [0.15, 0.2) is 0 Å². The first-order chi connectivity index (χ1) is 11.0. The molecule has 3 rings (SSSR count). The molecule has 0 saturated heterocycles. The van der Waals surface area contributed by atoms with Gasteiger partial charge in [0.25, 0.3) is 5.91 Å². The average molecular weight is 326 g/mol. The fraction of sp³-hybridized carbons (Fsp3) is 0.222. The summed E-state index contributed by atoms with van der Waals surface area (Å²) in [4.78, 5) is 25.0. The molecule has 0 fully saturated rings. The van der Waals surface area contributed by atoms with Gasteiger partial charge >= 0.3 is 0 Å². The van der Waals surface area contributed by atoms with Gasteiger partial charge in [0.1, 0.15) is 5.00 Å². The van der Waals surface area contributed by atoms with Gasteiger partial charge in [-0.15, -0.1) is 11.3 Å². The number of hydrogen-bond acceptors (Lipinski definition) is 3. The lowest BCUT2D eigenvalue weighted by Gasteiger charge is -2.03. The van der Waals surface area contributed by atoms with Crippen molar-refractivity contribution in [3.63, 3.8) is 0 Å². The van der Waals surface area contributed by atoms with Gasteiger partial charge < -0.3 is 11.1 Å². The lowest BCUT2D eigenvalue weighted by Crippen LogP contribution is -2.16. The summed E-state index contributed by atoms with van der Waals surface area (Å²) in [6, 6.07) is 7.89. The number of rotatable bonds is 4. The van der Waals surface area contributed by atoms with E-state index in [4.69, 9.17) is 5.73 Å². The topological polar surface area (TPSA) is 72.2 Å². The Bertz CT molecular complexity index is 788. The molecule has 2 amide bonds. The number of amides is 2. The number of primary amides is 1. The van der Waals surface area contributed by atoms with Gasteiger partial charge in [0.05, 0.1) is 5.56 Å². The maximum absolute atomic E-state index is 12.1. The van der Waals surface area contributed by atoms with Crippen LogP contribution in [0.2, 0.25) is 0 Å². The monoisotopic (exact) mass is 326 g/mol. The fourth-order valence-electron chi connectivity index (χ4n) is 2.76. The number of fused-ring (bicyclic) bond motifs is 1. The molecule has 118 valence electrons. The number of hydrogen-bond donors (Lipinski definition) is 2.